The third kappa shape index (κ3) is 4.37. The number of tetrazole rings is 1. The predicted octanol–water partition coefficient (Wildman–Crippen LogP) is 2.47. The van der Waals surface area contributed by atoms with E-state index in [0.717, 1.165) is 31.2 Å². The molecule has 1 fully saturated rings. The zero-order valence-electron chi connectivity index (χ0n) is 13.6. The lowest BCUT2D eigenvalue weighted by molar-refractivity contribution is -0.124. The molecule has 0 unspecified atom stereocenters. The molecule has 1 heterocycles. The highest BCUT2D eigenvalue weighted by molar-refractivity contribution is 5.76. The molecular formula is C17H22FN5O. The summed E-state index contributed by atoms with van der Waals surface area (Å²) in [5.41, 5.74) is 0.668. The van der Waals surface area contributed by atoms with Crippen LogP contribution in [-0.2, 0) is 17.9 Å². The van der Waals surface area contributed by atoms with E-state index in [1.54, 1.807) is 23.1 Å². The zero-order valence-corrected chi connectivity index (χ0v) is 13.6. The fourth-order valence-electron chi connectivity index (χ4n) is 3.54. The topological polar surface area (TPSA) is 72.7 Å². The van der Waals surface area contributed by atoms with Crippen LogP contribution in [0.2, 0.25) is 0 Å². The molecule has 2 aromatic rings. The lowest BCUT2D eigenvalue weighted by Crippen LogP contribution is -2.36. The number of benzene rings is 1. The summed E-state index contributed by atoms with van der Waals surface area (Å²) >= 11 is 0. The average molecular weight is 331 g/mol. The van der Waals surface area contributed by atoms with E-state index in [-0.39, 0.29) is 17.1 Å². The molecule has 0 radical (unpaired) electrons. The van der Waals surface area contributed by atoms with E-state index in [1.165, 1.54) is 18.6 Å². The number of carbonyl (C=O) groups excluding carboxylic acids is 1. The summed E-state index contributed by atoms with van der Waals surface area (Å²) in [6.07, 6.45) is 7.50. The normalized spacial score (nSPS) is 16.7. The van der Waals surface area contributed by atoms with Crippen molar-refractivity contribution in [1.29, 1.82) is 0 Å². The molecule has 1 aromatic heterocycles. The number of carbonyl (C=O) groups is 1. The molecule has 1 amide bonds. The molecule has 6 nitrogen and oxygen atoms in total. The lowest BCUT2D eigenvalue weighted by atomic mass is 9.71. The average Bonchev–Trinajstić information content (AvgIpc) is 3.06. The second kappa shape index (κ2) is 7.51. The van der Waals surface area contributed by atoms with Crippen LogP contribution in [0.25, 0.3) is 0 Å². The Bertz CT molecular complexity index is 667. The number of aromatic nitrogens is 4. The molecule has 3 rings (SSSR count). The third-order valence-electron chi connectivity index (χ3n) is 4.72. The van der Waals surface area contributed by atoms with E-state index in [0.29, 0.717) is 19.5 Å². The highest BCUT2D eigenvalue weighted by atomic mass is 19.1. The second-order valence-corrected chi connectivity index (χ2v) is 6.65. The van der Waals surface area contributed by atoms with Gasteiger partial charge in [0.05, 0.1) is 6.54 Å². The molecule has 24 heavy (non-hydrogen) atoms. The summed E-state index contributed by atoms with van der Waals surface area (Å²) in [5.74, 6) is -0.293. The number of halogens is 1. The number of nitrogens with zero attached hydrogens (tertiary/aromatic N) is 4. The molecule has 0 saturated heterocycles. The Hall–Kier alpha value is -2.31. The fraction of sp³-hybridized carbons (Fsp3) is 0.529. The van der Waals surface area contributed by atoms with Gasteiger partial charge < -0.3 is 5.32 Å². The summed E-state index contributed by atoms with van der Waals surface area (Å²) in [7, 11) is 0. The van der Waals surface area contributed by atoms with Crippen LogP contribution >= 0.6 is 0 Å². The van der Waals surface area contributed by atoms with Gasteiger partial charge in [0.2, 0.25) is 5.91 Å². The van der Waals surface area contributed by atoms with Crippen LogP contribution in [0, 0.1) is 11.2 Å². The van der Waals surface area contributed by atoms with Gasteiger partial charge in [-0.1, -0.05) is 31.4 Å². The van der Waals surface area contributed by atoms with Crippen molar-refractivity contribution in [2.75, 3.05) is 0 Å². The van der Waals surface area contributed by atoms with Gasteiger partial charge in [0, 0.05) is 13.0 Å². The Balaban J connectivity index is 1.60. The van der Waals surface area contributed by atoms with E-state index >= 15 is 0 Å². The highest BCUT2D eigenvalue weighted by Gasteiger charge is 2.35. The molecule has 1 aliphatic rings. The summed E-state index contributed by atoms with van der Waals surface area (Å²) in [4.78, 5) is 12.4. The van der Waals surface area contributed by atoms with Gasteiger partial charge in [-0.05, 0) is 46.4 Å². The first-order chi connectivity index (χ1) is 11.7. The minimum atomic E-state index is -0.288. The Morgan fingerprint density at radius 2 is 2.12 bits per heavy atom. The van der Waals surface area contributed by atoms with Gasteiger partial charge >= 0.3 is 0 Å². The van der Waals surface area contributed by atoms with E-state index < -0.39 is 0 Å². The third-order valence-corrected chi connectivity index (χ3v) is 4.72. The van der Waals surface area contributed by atoms with Gasteiger partial charge in [0.1, 0.15) is 12.1 Å². The van der Waals surface area contributed by atoms with Crippen molar-refractivity contribution in [3.05, 3.63) is 42.0 Å². The first kappa shape index (κ1) is 16.5. The molecule has 0 atom stereocenters. The molecule has 0 spiro atoms. The number of hydrogen-bond acceptors (Lipinski definition) is 4. The van der Waals surface area contributed by atoms with Crippen LogP contribution in [0.3, 0.4) is 0 Å². The molecule has 1 saturated carbocycles. The largest absolute Gasteiger partial charge is 0.352 e. The highest BCUT2D eigenvalue weighted by Crippen LogP contribution is 2.40. The first-order valence-electron chi connectivity index (χ1n) is 8.37. The Labute approximate surface area is 140 Å². The maximum absolute atomic E-state index is 13.2. The van der Waals surface area contributed by atoms with Crippen molar-refractivity contribution in [1.82, 2.24) is 25.5 Å². The van der Waals surface area contributed by atoms with Crippen LogP contribution < -0.4 is 5.32 Å². The predicted molar refractivity (Wildman–Crippen MR) is 86.2 cm³/mol. The van der Waals surface area contributed by atoms with Crippen molar-refractivity contribution in [2.45, 2.75) is 51.6 Å². The van der Waals surface area contributed by atoms with Gasteiger partial charge in [0.25, 0.3) is 0 Å². The van der Waals surface area contributed by atoms with Crippen molar-refractivity contribution in [2.24, 2.45) is 5.41 Å². The number of nitrogens with one attached hydrogen (secondary N) is 1. The molecule has 0 aliphatic heterocycles. The van der Waals surface area contributed by atoms with Gasteiger partial charge in [-0.3, -0.25) is 4.79 Å². The van der Waals surface area contributed by atoms with E-state index in [1.807, 2.05) is 0 Å². The van der Waals surface area contributed by atoms with Gasteiger partial charge in [-0.15, -0.1) is 5.10 Å². The number of rotatable bonds is 6. The minimum absolute atomic E-state index is 0.00534. The zero-order chi connectivity index (χ0) is 16.8. The molecule has 0 bridgehead atoms. The fourth-order valence-corrected chi connectivity index (χ4v) is 3.54. The molecular weight excluding hydrogens is 309 g/mol. The SMILES string of the molecule is O=C(CC1(Cn2cnnn2)CCCCC1)NCc1cccc(F)c1. The quantitative estimate of drug-likeness (QED) is 0.882. The number of amides is 1. The van der Waals surface area contributed by atoms with Crippen LogP contribution in [0.15, 0.2) is 30.6 Å². The van der Waals surface area contributed by atoms with Crippen molar-refractivity contribution >= 4 is 5.91 Å². The van der Waals surface area contributed by atoms with Crippen LogP contribution in [0.1, 0.15) is 44.1 Å². The van der Waals surface area contributed by atoms with E-state index in [9.17, 15) is 9.18 Å². The van der Waals surface area contributed by atoms with E-state index in [4.69, 9.17) is 0 Å². The Morgan fingerprint density at radius 1 is 1.29 bits per heavy atom. The maximum atomic E-state index is 13.2. The summed E-state index contributed by atoms with van der Waals surface area (Å²) in [6, 6.07) is 6.30. The van der Waals surface area contributed by atoms with Crippen LogP contribution in [0.5, 0.6) is 0 Å². The monoisotopic (exact) mass is 331 g/mol. The van der Waals surface area contributed by atoms with Crippen molar-refractivity contribution < 1.29 is 9.18 Å². The standard InChI is InChI=1S/C17H22FN5O/c18-15-6-4-5-14(9-15)11-19-16(24)10-17(7-2-1-3-8-17)12-23-13-20-21-22-23/h4-6,9,13H,1-3,7-8,10-12H2,(H,19,24). The van der Waals surface area contributed by atoms with Crippen LogP contribution in [0.4, 0.5) is 4.39 Å². The van der Waals surface area contributed by atoms with Crippen LogP contribution in [-0.4, -0.2) is 26.1 Å². The van der Waals surface area contributed by atoms with E-state index in [2.05, 4.69) is 20.8 Å². The lowest BCUT2D eigenvalue weighted by Gasteiger charge is -2.36. The minimum Gasteiger partial charge on any atom is -0.352 e. The van der Waals surface area contributed by atoms with Gasteiger partial charge in [-0.2, -0.15) is 0 Å². The first-order valence-corrected chi connectivity index (χ1v) is 8.37. The Kier molecular flexibility index (Phi) is 5.17. The second-order valence-electron chi connectivity index (χ2n) is 6.65. The number of hydrogen-bond donors (Lipinski definition) is 1. The molecule has 7 heteroatoms. The van der Waals surface area contributed by atoms with Gasteiger partial charge in [0.15, 0.2) is 0 Å². The molecule has 1 aliphatic carbocycles. The smallest absolute Gasteiger partial charge is 0.220 e. The Morgan fingerprint density at radius 3 is 2.83 bits per heavy atom. The van der Waals surface area contributed by atoms with Crippen molar-refractivity contribution in [3.63, 3.8) is 0 Å². The summed E-state index contributed by atoms with van der Waals surface area (Å²) in [5, 5.41) is 14.2. The summed E-state index contributed by atoms with van der Waals surface area (Å²) < 4.78 is 14.9. The molecule has 1 aromatic carbocycles. The summed E-state index contributed by atoms with van der Waals surface area (Å²) in [6.45, 7) is 1.00. The van der Waals surface area contributed by atoms with Gasteiger partial charge in [-0.25, -0.2) is 9.07 Å². The molecule has 128 valence electrons. The molecule has 1 N–H and O–H groups in total. The van der Waals surface area contributed by atoms with Crippen molar-refractivity contribution in [3.8, 4) is 0 Å². The maximum Gasteiger partial charge on any atom is 0.220 e.